The van der Waals surface area contributed by atoms with E-state index < -0.39 is 11.9 Å². The van der Waals surface area contributed by atoms with Gasteiger partial charge >= 0.3 is 6.03 Å². The van der Waals surface area contributed by atoms with Crippen molar-refractivity contribution in [1.82, 2.24) is 10.9 Å². The molecule has 23 heavy (non-hydrogen) atoms. The fourth-order valence-corrected chi connectivity index (χ4v) is 2.05. The molecule has 3 N–H and O–H groups in total. The van der Waals surface area contributed by atoms with Gasteiger partial charge < -0.3 is 10.1 Å². The summed E-state index contributed by atoms with van der Waals surface area (Å²) in [5.41, 5.74) is 5.24. The number of benzene rings is 2. The lowest BCUT2D eigenvalue weighted by molar-refractivity contribution is 0.0935. The largest absolute Gasteiger partial charge is 0.496 e. The molecule has 2 aromatic rings. The van der Waals surface area contributed by atoms with Gasteiger partial charge in [-0.3, -0.25) is 10.2 Å². The molecule has 0 bridgehead atoms. The second-order valence-electron chi connectivity index (χ2n) is 4.36. The quantitative estimate of drug-likeness (QED) is 0.739. The van der Waals surface area contributed by atoms with Gasteiger partial charge in [-0.15, -0.1) is 0 Å². The fraction of sp³-hybridized carbons (Fsp3) is 0.0667. The van der Waals surface area contributed by atoms with Gasteiger partial charge in [0.05, 0.1) is 22.7 Å². The van der Waals surface area contributed by atoms with Crippen LogP contribution in [0.4, 0.5) is 10.5 Å². The van der Waals surface area contributed by atoms with Crippen molar-refractivity contribution in [2.45, 2.75) is 0 Å². The fourth-order valence-electron chi connectivity index (χ4n) is 1.75. The molecular weight excluding hydrogens is 341 g/mol. The molecule has 0 saturated heterocycles. The third kappa shape index (κ3) is 4.51. The van der Waals surface area contributed by atoms with Crippen LogP contribution in [0.3, 0.4) is 0 Å². The molecular formula is C15H13Cl2N3O3. The maximum absolute atomic E-state index is 12.0. The van der Waals surface area contributed by atoms with Crippen molar-refractivity contribution < 1.29 is 14.3 Å². The first-order valence-electron chi connectivity index (χ1n) is 6.46. The Morgan fingerprint density at radius 2 is 1.74 bits per heavy atom. The van der Waals surface area contributed by atoms with E-state index in [0.29, 0.717) is 27.0 Å². The van der Waals surface area contributed by atoms with Crippen LogP contribution < -0.4 is 20.9 Å². The minimum Gasteiger partial charge on any atom is -0.496 e. The number of nitrogens with one attached hydrogen (secondary N) is 3. The van der Waals surface area contributed by atoms with E-state index >= 15 is 0 Å². The van der Waals surface area contributed by atoms with E-state index in [9.17, 15) is 9.59 Å². The molecule has 0 fully saturated rings. The van der Waals surface area contributed by atoms with E-state index in [1.807, 2.05) is 0 Å². The average molecular weight is 354 g/mol. The SMILES string of the molecule is COc1ccccc1C(=O)NNC(=O)Nc1ccc(Cl)c(Cl)c1. The van der Waals surface area contributed by atoms with Gasteiger partial charge in [-0.25, -0.2) is 10.2 Å². The number of methoxy groups -OCH3 is 1. The Morgan fingerprint density at radius 3 is 2.43 bits per heavy atom. The van der Waals surface area contributed by atoms with Crippen molar-refractivity contribution in [3.63, 3.8) is 0 Å². The zero-order valence-corrected chi connectivity index (χ0v) is 13.5. The van der Waals surface area contributed by atoms with Crippen molar-refractivity contribution in [3.05, 3.63) is 58.1 Å². The summed E-state index contributed by atoms with van der Waals surface area (Å²) < 4.78 is 5.08. The molecule has 0 radical (unpaired) electrons. The Labute approximate surface area is 142 Å². The summed E-state index contributed by atoms with van der Waals surface area (Å²) in [5, 5.41) is 3.19. The Balaban J connectivity index is 1.93. The van der Waals surface area contributed by atoms with Gasteiger partial charge in [0.15, 0.2) is 0 Å². The topological polar surface area (TPSA) is 79.5 Å². The van der Waals surface area contributed by atoms with E-state index in [2.05, 4.69) is 16.2 Å². The normalized spacial score (nSPS) is 9.87. The molecule has 0 aromatic heterocycles. The number of halogens is 2. The van der Waals surface area contributed by atoms with E-state index in [1.165, 1.54) is 13.2 Å². The zero-order chi connectivity index (χ0) is 16.8. The zero-order valence-electron chi connectivity index (χ0n) is 12.0. The number of hydrogen-bond acceptors (Lipinski definition) is 3. The van der Waals surface area contributed by atoms with Gasteiger partial charge in [0.1, 0.15) is 5.75 Å². The number of para-hydroxylation sites is 1. The van der Waals surface area contributed by atoms with Crippen LogP contribution >= 0.6 is 23.2 Å². The summed E-state index contributed by atoms with van der Waals surface area (Å²) >= 11 is 11.6. The van der Waals surface area contributed by atoms with Crippen molar-refractivity contribution in [1.29, 1.82) is 0 Å². The Bertz CT molecular complexity index is 738. The molecule has 8 heteroatoms. The van der Waals surface area contributed by atoms with Gasteiger partial charge in [-0.2, -0.15) is 0 Å². The first-order valence-corrected chi connectivity index (χ1v) is 7.22. The first-order chi connectivity index (χ1) is 11.0. The molecule has 3 amide bonds. The van der Waals surface area contributed by atoms with E-state index in [1.54, 1.807) is 36.4 Å². The second-order valence-corrected chi connectivity index (χ2v) is 5.18. The lowest BCUT2D eigenvalue weighted by Crippen LogP contribution is -2.44. The molecule has 0 aliphatic carbocycles. The van der Waals surface area contributed by atoms with E-state index in [0.717, 1.165) is 0 Å². The summed E-state index contributed by atoms with van der Waals surface area (Å²) in [6.45, 7) is 0. The summed E-state index contributed by atoms with van der Waals surface area (Å²) in [7, 11) is 1.45. The highest BCUT2D eigenvalue weighted by atomic mass is 35.5. The lowest BCUT2D eigenvalue weighted by Gasteiger charge is -2.11. The Morgan fingerprint density at radius 1 is 1.00 bits per heavy atom. The summed E-state index contributed by atoms with van der Waals surface area (Å²) in [5.74, 6) is -0.108. The van der Waals surface area contributed by atoms with Gasteiger partial charge in [0.25, 0.3) is 5.91 Å². The summed E-state index contributed by atoms with van der Waals surface area (Å²) in [6, 6.07) is 10.6. The molecule has 0 aliphatic rings. The molecule has 0 saturated carbocycles. The number of urea groups is 1. The lowest BCUT2D eigenvalue weighted by atomic mass is 10.2. The Kier molecular flexibility index (Phi) is 5.67. The van der Waals surface area contributed by atoms with E-state index in [-0.39, 0.29) is 0 Å². The van der Waals surface area contributed by atoms with Gasteiger partial charge in [0.2, 0.25) is 0 Å². The number of carbonyl (C=O) groups excluding carboxylic acids is 2. The van der Waals surface area contributed by atoms with Crippen molar-refractivity contribution >= 4 is 40.8 Å². The maximum atomic E-state index is 12.0. The minimum absolute atomic E-state index is 0.296. The molecule has 0 heterocycles. The number of amides is 3. The molecule has 0 spiro atoms. The second kappa shape index (κ2) is 7.71. The van der Waals surface area contributed by atoms with Crippen LogP contribution in [0.25, 0.3) is 0 Å². The number of anilines is 1. The van der Waals surface area contributed by atoms with Gasteiger partial charge in [-0.05, 0) is 30.3 Å². The van der Waals surface area contributed by atoms with Crippen LogP contribution in [0.5, 0.6) is 5.75 Å². The third-order valence-corrected chi connectivity index (χ3v) is 3.56. The monoisotopic (exact) mass is 353 g/mol. The van der Waals surface area contributed by atoms with E-state index in [4.69, 9.17) is 27.9 Å². The van der Waals surface area contributed by atoms with Crippen LogP contribution in [0.2, 0.25) is 10.0 Å². The molecule has 2 rings (SSSR count). The van der Waals surface area contributed by atoms with Crippen molar-refractivity contribution in [2.24, 2.45) is 0 Å². The number of carbonyl (C=O) groups is 2. The predicted octanol–water partition coefficient (Wildman–Crippen LogP) is 3.47. The van der Waals surface area contributed by atoms with Gasteiger partial charge in [-0.1, -0.05) is 35.3 Å². The van der Waals surface area contributed by atoms with Crippen LogP contribution in [0.1, 0.15) is 10.4 Å². The summed E-state index contributed by atoms with van der Waals surface area (Å²) in [4.78, 5) is 23.8. The first kappa shape index (κ1) is 16.9. The van der Waals surface area contributed by atoms with Gasteiger partial charge in [0, 0.05) is 5.69 Å². The standard InChI is InChI=1S/C15H13Cl2N3O3/c1-23-13-5-3-2-4-10(13)14(21)19-20-15(22)18-9-6-7-11(16)12(17)8-9/h2-8H,1H3,(H,19,21)(H2,18,20,22). The predicted molar refractivity (Wildman–Crippen MR) is 89.1 cm³/mol. The Hall–Kier alpha value is -2.44. The number of rotatable bonds is 3. The highest BCUT2D eigenvalue weighted by Gasteiger charge is 2.12. The molecule has 2 aromatic carbocycles. The molecule has 0 unspecified atom stereocenters. The van der Waals surface area contributed by atoms with Crippen LogP contribution in [0, 0.1) is 0 Å². The van der Waals surface area contributed by atoms with Crippen LogP contribution in [0.15, 0.2) is 42.5 Å². The number of hydrazine groups is 1. The molecule has 0 aliphatic heterocycles. The van der Waals surface area contributed by atoms with Crippen molar-refractivity contribution in [2.75, 3.05) is 12.4 Å². The highest BCUT2D eigenvalue weighted by Crippen LogP contribution is 2.24. The molecule has 6 nitrogen and oxygen atoms in total. The number of hydrogen-bond donors (Lipinski definition) is 3. The molecule has 0 atom stereocenters. The number of ether oxygens (including phenoxy) is 1. The summed E-state index contributed by atoms with van der Waals surface area (Å²) in [6.07, 6.45) is 0. The molecule has 120 valence electrons. The maximum Gasteiger partial charge on any atom is 0.337 e. The smallest absolute Gasteiger partial charge is 0.337 e. The minimum atomic E-state index is -0.633. The third-order valence-electron chi connectivity index (χ3n) is 2.82. The average Bonchev–Trinajstić information content (AvgIpc) is 2.56. The van der Waals surface area contributed by atoms with Crippen molar-refractivity contribution in [3.8, 4) is 5.75 Å². The highest BCUT2D eigenvalue weighted by molar-refractivity contribution is 6.42. The van der Waals surface area contributed by atoms with Crippen LogP contribution in [-0.4, -0.2) is 19.0 Å². The van der Waals surface area contributed by atoms with Crippen LogP contribution in [-0.2, 0) is 0 Å².